The molecule has 17 heavy (non-hydrogen) atoms. The smallest absolute Gasteiger partial charge is 0.103 e. The Balaban J connectivity index is 3.10. The van der Waals surface area contributed by atoms with Gasteiger partial charge < -0.3 is 11.1 Å². The van der Waals surface area contributed by atoms with Gasteiger partial charge in [-0.1, -0.05) is 19.9 Å². The van der Waals surface area contributed by atoms with Crippen molar-refractivity contribution in [2.45, 2.75) is 32.2 Å². The Morgan fingerprint density at radius 3 is 2.53 bits per heavy atom. The number of nitrogens with two attached hydrogens (primary N) is 1. The molecule has 0 unspecified atom stereocenters. The van der Waals surface area contributed by atoms with Crippen molar-refractivity contribution in [1.82, 2.24) is 0 Å². The first kappa shape index (κ1) is 14.0. The van der Waals surface area contributed by atoms with Gasteiger partial charge in [-0.25, -0.2) is 0 Å². The molecule has 0 aliphatic heterocycles. The average Bonchev–Trinajstić information content (AvgIpc) is 2.36. The zero-order chi connectivity index (χ0) is 12.9. The van der Waals surface area contributed by atoms with E-state index in [1.54, 1.807) is 0 Å². The van der Waals surface area contributed by atoms with Crippen molar-refractivity contribution < 1.29 is 0 Å². The van der Waals surface area contributed by atoms with E-state index >= 15 is 0 Å². The van der Waals surface area contributed by atoms with Crippen LogP contribution in [0.2, 0.25) is 0 Å². The topological polar surface area (TPSA) is 61.8 Å². The molecule has 0 fully saturated rings. The summed E-state index contributed by atoms with van der Waals surface area (Å²) in [4.78, 5) is 0. The SMILES string of the molecule is CCC(CC)(CN)Nc1cccc(Br)c1C#N. The van der Waals surface area contributed by atoms with Gasteiger partial charge in [0.25, 0.3) is 0 Å². The van der Waals surface area contributed by atoms with Gasteiger partial charge in [-0.2, -0.15) is 5.26 Å². The second-order valence-corrected chi connectivity index (χ2v) is 4.95. The lowest BCUT2D eigenvalue weighted by Gasteiger charge is -2.33. The van der Waals surface area contributed by atoms with Crippen molar-refractivity contribution in [2.75, 3.05) is 11.9 Å². The number of nitriles is 1. The second kappa shape index (κ2) is 6.04. The summed E-state index contributed by atoms with van der Waals surface area (Å²) in [5.41, 5.74) is 7.19. The van der Waals surface area contributed by atoms with E-state index in [1.165, 1.54) is 0 Å². The molecule has 0 amide bonds. The predicted molar refractivity (Wildman–Crippen MR) is 74.8 cm³/mol. The van der Waals surface area contributed by atoms with Crippen LogP contribution < -0.4 is 11.1 Å². The number of benzene rings is 1. The highest BCUT2D eigenvalue weighted by Crippen LogP contribution is 2.28. The summed E-state index contributed by atoms with van der Waals surface area (Å²) in [6.07, 6.45) is 1.86. The first-order valence-corrected chi connectivity index (χ1v) is 6.58. The molecule has 0 aliphatic carbocycles. The van der Waals surface area contributed by atoms with Crippen molar-refractivity contribution >= 4 is 21.6 Å². The molecule has 4 heteroatoms. The summed E-state index contributed by atoms with van der Waals surface area (Å²) in [7, 11) is 0. The molecule has 0 saturated heterocycles. The highest BCUT2D eigenvalue weighted by molar-refractivity contribution is 9.10. The third kappa shape index (κ3) is 2.99. The van der Waals surface area contributed by atoms with Crippen molar-refractivity contribution in [3.05, 3.63) is 28.2 Å². The first-order valence-electron chi connectivity index (χ1n) is 5.79. The van der Waals surface area contributed by atoms with Crippen molar-refractivity contribution in [3.63, 3.8) is 0 Å². The van der Waals surface area contributed by atoms with Crippen LogP contribution in [0, 0.1) is 11.3 Å². The molecule has 3 N–H and O–H groups in total. The van der Waals surface area contributed by atoms with E-state index in [9.17, 15) is 0 Å². The first-order chi connectivity index (χ1) is 8.12. The van der Waals surface area contributed by atoms with Crippen LogP contribution in [0.4, 0.5) is 5.69 Å². The Hall–Kier alpha value is -1.05. The standard InChI is InChI=1S/C13H18BrN3/c1-3-13(4-2,9-16)17-12-7-5-6-11(14)10(12)8-15/h5-7,17H,3-4,9,16H2,1-2H3. The van der Waals surface area contributed by atoms with E-state index in [0.29, 0.717) is 12.1 Å². The third-order valence-electron chi connectivity index (χ3n) is 3.27. The predicted octanol–water partition coefficient (Wildman–Crippen LogP) is 3.25. The number of nitrogens with zero attached hydrogens (tertiary/aromatic N) is 1. The lowest BCUT2D eigenvalue weighted by molar-refractivity contribution is 0.445. The minimum absolute atomic E-state index is 0.133. The van der Waals surface area contributed by atoms with Gasteiger partial charge in [-0.15, -0.1) is 0 Å². The highest BCUT2D eigenvalue weighted by atomic mass is 79.9. The highest BCUT2D eigenvalue weighted by Gasteiger charge is 2.25. The monoisotopic (exact) mass is 295 g/mol. The van der Waals surface area contributed by atoms with Crippen molar-refractivity contribution in [2.24, 2.45) is 5.73 Å². The zero-order valence-electron chi connectivity index (χ0n) is 10.3. The van der Waals surface area contributed by atoms with E-state index in [-0.39, 0.29) is 5.54 Å². The molecule has 0 spiro atoms. The van der Waals surface area contributed by atoms with Gasteiger partial charge in [-0.05, 0) is 40.9 Å². The average molecular weight is 296 g/mol. The summed E-state index contributed by atoms with van der Waals surface area (Å²) >= 11 is 3.39. The summed E-state index contributed by atoms with van der Waals surface area (Å²) in [6.45, 7) is 4.76. The minimum atomic E-state index is -0.133. The van der Waals surface area contributed by atoms with Crippen LogP contribution in [0.1, 0.15) is 32.3 Å². The molecule has 0 aromatic heterocycles. The van der Waals surface area contributed by atoms with Crippen LogP contribution >= 0.6 is 15.9 Å². The molecule has 1 aromatic rings. The minimum Gasteiger partial charge on any atom is -0.377 e. The fourth-order valence-corrected chi connectivity index (χ4v) is 2.25. The lowest BCUT2D eigenvalue weighted by atomic mass is 9.92. The van der Waals surface area contributed by atoms with E-state index in [1.807, 2.05) is 18.2 Å². The van der Waals surface area contributed by atoms with Crippen LogP contribution in [0.25, 0.3) is 0 Å². The lowest BCUT2D eigenvalue weighted by Crippen LogP contribution is -2.44. The van der Waals surface area contributed by atoms with Gasteiger partial charge in [-0.3, -0.25) is 0 Å². The second-order valence-electron chi connectivity index (χ2n) is 4.09. The van der Waals surface area contributed by atoms with E-state index in [4.69, 9.17) is 11.0 Å². The Bertz CT molecular complexity index is 411. The molecule has 0 aliphatic rings. The van der Waals surface area contributed by atoms with Gasteiger partial charge in [0.1, 0.15) is 6.07 Å². The Labute approximate surface area is 111 Å². The Kier molecular flexibility index (Phi) is 4.98. The summed E-state index contributed by atoms with van der Waals surface area (Å²) in [6, 6.07) is 7.91. The molecule has 0 heterocycles. The largest absolute Gasteiger partial charge is 0.377 e. The number of hydrogen-bond acceptors (Lipinski definition) is 3. The summed E-state index contributed by atoms with van der Waals surface area (Å²) in [5.74, 6) is 0. The third-order valence-corrected chi connectivity index (χ3v) is 3.93. The van der Waals surface area contributed by atoms with Gasteiger partial charge >= 0.3 is 0 Å². The fraction of sp³-hybridized carbons (Fsp3) is 0.462. The van der Waals surface area contributed by atoms with Crippen LogP contribution in [0.3, 0.4) is 0 Å². The number of anilines is 1. The van der Waals surface area contributed by atoms with Gasteiger partial charge in [0.05, 0.1) is 11.3 Å². The molecule has 0 bridgehead atoms. The van der Waals surface area contributed by atoms with E-state index in [0.717, 1.165) is 23.0 Å². The van der Waals surface area contributed by atoms with Gasteiger partial charge in [0, 0.05) is 16.6 Å². The summed E-state index contributed by atoms with van der Waals surface area (Å²) in [5, 5.41) is 12.6. The molecule has 1 rings (SSSR count). The maximum atomic E-state index is 9.16. The van der Waals surface area contributed by atoms with Crippen LogP contribution in [0.5, 0.6) is 0 Å². The van der Waals surface area contributed by atoms with Gasteiger partial charge in [0.15, 0.2) is 0 Å². The number of hydrogen-bond donors (Lipinski definition) is 2. The Morgan fingerprint density at radius 2 is 2.06 bits per heavy atom. The molecular formula is C13H18BrN3. The number of halogens is 1. The quantitative estimate of drug-likeness (QED) is 0.876. The normalized spacial score (nSPS) is 11.0. The van der Waals surface area contributed by atoms with E-state index < -0.39 is 0 Å². The maximum Gasteiger partial charge on any atom is 0.103 e. The molecule has 3 nitrogen and oxygen atoms in total. The molecular weight excluding hydrogens is 278 g/mol. The van der Waals surface area contributed by atoms with Crippen molar-refractivity contribution in [3.8, 4) is 6.07 Å². The Morgan fingerprint density at radius 1 is 1.41 bits per heavy atom. The molecule has 92 valence electrons. The zero-order valence-corrected chi connectivity index (χ0v) is 11.8. The van der Waals surface area contributed by atoms with E-state index in [2.05, 4.69) is 41.2 Å². The van der Waals surface area contributed by atoms with Crippen molar-refractivity contribution in [1.29, 1.82) is 5.26 Å². The molecule has 0 atom stereocenters. The maximum absolute atomic E-state index is 9.16. The fourth-order valence-electron chi connectivity index (χ4n) is 1.79. The number of nitrogens with one attached hydrogen (secondary N) is 1. The van der Waals surface area contributed by atoms with Crippen LogP contribution in [-0.4, -0.2) is 12.1 Å². The van der Waals surface area contributed by atoms with Gasteiger partial charge in [0.2, 0.25) is 0 Å². The van der Waals surface area contributed by atoms with Crippen LogP contribution in [-0.2, 0) is 0 Å². The van der Waals surface area contributed by atoms with Crippen LogP contribution in [0.15, 0.2) is 22.7 Å². The summed E-state index contributed by atoms with van der Waals surface area (Å²) < 4.78 is 0.808. The molecule has 1 aromatic carbocycles. The molecule has 0 radical (unpaired) electrons. The molecule has 0 saturated carbocycles. The number of rotatable bonds is 5.